The van der Waals surface area contributed by atoms with Crippen molar-refractivity contribution in [2.45, 2.75) is 37.1 Å². The van der Waals surface area contributed by atoms with Crippen LogP contribution in [0.3, 0.4) is 0 Å². The Labute approximate surface area is 263 Å². The fourth-order valence-corrected chi connectivity index (χ4v) is 6.03. The third-order valence-corrected chi connectivity index (χ3v) is 9.46. The second-order valence-electron chi connectivity index (χ2n) is 10.7. The zero-order chi connectivity index (χ0) is 33.1. The average Bonchev–Trinajstić information content (AvgIpc) is 2.98. The number of urea groups is 1. The van der Waals surface area contributed by atoms with E-state index in [2.05, 4.69) is 10.6 Å². The number of carbonyl (C=O) groups is 2. The highest BCUT2D eigenvalue weighted by Gasteiger charge is 2.36. The van der Waals surface area contributed by atoms with Crippen molar-refractivity contribution in [1.82, 2.24) is 9.21 Å². The molecule has 242 valence electrons. The van der Waals surface area contributed by atoms with Crippen LogP contribution in [0.2, 0.25) is 5.02 Å². The molecule has 1 heterocycles. The lowest BCUT2D eigenvalue weighted by atomic mass is 9.99. The Morgan fingerprint density at radius 3 is 2.36 bits per heavy atom. The molecule has 3 atom stereocenters. The van der Waals surface area contributed by atoms with Gasteiger partial charge in [-0.3, -0.25) is 4.79 Å². The summed E-state index contributed by atoms with van der Waals surface area (Å²) < 4.78 is 73.0. The van der Waals surface area contributed by atoms with Crippen molar-refractivity contribution in [3.05, 3.63) is 82.9 Å². The van der Waals surface area contributed by atoms with Gasteiger partial charge in [-0.1, -0.05) is 24.6 Å². The van der Waals surface area contributed by atoms with Crippen molar-refractivity contribution in [2.24, 2.45) is 5.92 Å². The molecule has 0 spiro atoms. The van der Waals surface area contributed by atoms with Crippen LogP contribution in [0.15, 0.2) is 71.6 Å². The van der Waals surface area contributed by atoms with Crippen LogP contribution in [0.4, 0.5) is 29.3 Å². The number of halogens is 4. The third kappa shape index (κ3) is 7.87. The zero-order valence-corrected chi connectivity index (χ0v) is 26.1. The van der Waals surface area contributed by atoms with Gasteiger partial charge in [0.25, 0.3) is 5.91 Å². The monoisotopic (exact) mass is 668 g/mol. The third-order valence-electron chi connectivity index (χ3n) is 7.37. The number of hydrogen-bond acceptors (Lipinski definition) is 6. The normalized spacial score (nSPS) is 18.0. The van der Waals surface area contributed by atoms with Gasteiger partial charge in [-0.05, 0) is 67.6 Å². The summed E-state index contributed by atoms with van der Waals surface area (Å²) in [6, 6.07) is 12.6. The van der Waals surface area contributed by atoms with Gasteiger partial charge in [-0.2, -0.15) is 17.5 Å². The quantitative estimate of drug-likeness (QED) is 0.289. The second-order valence-corrected chi connectivity index (χ2v) is 13.2. The maximum Gasteiger partial charge on any atom is 0.416 e. The van der Waals surface area contributed by atoms with E-state index in [4.69, 9.17) is 16.3 Å². The van der Waals surface area contributed by atoms with E-state index in [9.17, 15) is 36.3 Å². The molecule has 45 heavy (non-hydrogen) atoms. The molecule has 3 aromatic rings. The number of amides is 3. The summed E-state index contributed by atoms with van der Waals surface area (Å²) in [7, 11) is -2.58. The van der Waals surface area contributed by atoms with Crippen LogP contribution in [-0.2, 0) is 16.2 Å². The summed E-state index contributed by atoms with van der Waals surface area (Å²) in [4.78, 5) is 28.1. The van der Waals surface area contributed by atoms with E-state index >= 15 is 0 Å². The number of aliphatic hydroxyl groups is 1. The van der Waals surface area contributed by atoms with E-state index < -0.39 is 51.8 Å². The Hall–Kier alpha value is -3.85. The van der Waals surface area contributed by atoms with E-state index in [1.807, 2.05) is 0 Å². The summed E-state index contributed by atoms with van der Waals surface area (Å²) in [5.74, 6) is -0.965. The highest BCUT2D eigenvalue weighted by atomic mass is 35.5. The molecule has 0 aromatic heterocycles. The lowest BCUT2D eigenvalue weighted by molar-refractivity contribution is -0.137. The first-order chi connectivity index (χ1) is 21.1. The van der Waals surface area contributed by atoms with Crippen molar-refractivity contribution in [3.8, 4) is 5.75 Å². The number of aliphatic hydroxyl groups excluding tert-OH is 1. The second kappa shape index (κ2) is 13.6. The number of rotatable bonds is 8. The number of para-hydroxylation sites is 1. The Bertz CT molecular complexity index is 1640. The first kappa shape index (κ1) is 34.0. The summed E-state index contributed by atoms with van der Waals surface area (Å²) in [6.45, 7) is 3.09. The number of nitrogens with zero attached hydrogens (tertiary/aromatic N) is 2. The van der Waals surface area contributed by atoms with Crippen LogP contribution in [0, 0.1) is 5.92 Å². The predicted octanol–water partition coefficient (Wildman–Crippen LogP) is 5.54. The molecular formula is C30H32ClF3N4O6S. The number of fused-ring (bicyclic) bond motifs is 1. The Balaban J connectivity index is 1.65. The molecule has 0 fully saturated rings. The Morgan fingerprint density at radius 1 is 1.11 bits per heavy atom. The molecule has 0 unspecified atom stereocenters. The van der Waals surface area contributed by atoms with Gasteiger partial charge in [0.05, 0.1) is 40.9 Å². The summed E-state index contributed by atoms with van der Waals surface area (Å²) in [6.07, 6.45) is -5.37. The number of sulfonamides is 1. The molecule has 3 N–H and O–H groups in total. The van der Waals surface area contributed by atoms with Gasteiger partial charge in [0, 0.05) is 30.2 Å². The standard InChI is InChI=1S/C30H32ClF3N4O6S/c1-18-15-38(19(2)17-39)28(40)24-5-4-6-25(36-29(41)35-22-11-7-20(8-12-22)30(32,33)34)27(24)44-26(18)16-37(3)45(42,43)23-13-9-21(31)10-14-23/h4-14,18-19,26,39H,15-17H2,1-3H3,(H2,35,36,41)/t18-,19+,26-/m0/s1. The van der Waals surface area contributed by atoms with E-state index in [1.165, 1.54) is 54.4 Å². The van der Waals surface area contributed by atoms with Crippen molar-refractivity contribution in [1.29, 1.82) is 0 Å². The molecule has 0 bridgehead atoms. The van der Waals surface area contributed by atoms with Crippen LogP contribution in [0.5, 0.6) is 5.75 Å². The highest BCUT2D eigenvalue weighted by molar-refractivity contribution is 7.89. The van der Waals surface area contributed by atoms with E-state index in [0.29, 0.717) is 5.02 Å². The predicted molar refractivity (Wildman–Crippen MR) is 163 cm³/mol. The number of likely N-dealkylation sites (N-methyl/N-ethyl adjacent to an activating group) is 1. The number of nitrogens with one attached hydrogen (secondary N) is 2. The van der Waals surface area contributed by atoms with Gasteiger partial charge < -0.3 is 25.4 Å². The van der Waals surface area contributed by atoms with Gasteiger partial charge in [0.2, 0.25) is 10.0 Å². The number of benzene rings is 3. The molecule has 0 radical (unpaired) electrons. The number of ether oxygens (including phenoxy) is 1. The van der Waals surface area contributed by atoms with Crippen molar-refractivity contribution < 1.29 is 41.0 Å². The summed E-state index contributed by atoms with van der Waals surface area (Å²) in [5.41, 5.74) is -0.679. The first-order valence-electron chi connectivity index (χ1n) is 13.8. The van der Waals surface area contributed by atoms with E-state index in [0.717, 1.165) is 28.6 Å². The molecule has 0 saturated heterocycles. The lowest BCUT2D eigenvalue weighted by Crippen LogP contribution is -2.50. The van der Waals surface area contributed by atoms with Crippen molar-refractivity contribution in [3.63, 3.8) is 0 Å². The largest absolute Gasteiger partial charge is 0.486 e. The molecule has 1 aliphatic heterocycles. The molecule has 3 amide bonds. The van der Waals surface area contributed by atoms with E-state index in [-0.39, 0.29) is 47.3 Å². The van der Waals surface area contributed by atoms with Gasteiger partial charge >= 0.3 is 12.2 Å². The number of anilines is 2. The molecule has 10 nitrogen and oxygen atoms in total. The van der Waals surface area contributed by atoms with Crippen LogP contribution in [-0.4, -0.2) is 73.6 Å². The van der Waals surface area contributed by atoms with Crippen LogP contribution in [0.1, 0.15) is 29.8 Å². The molecule has 3 aromatic carbocycles. The van der Waals surface area contributed by atoms with Crippen molar-refractivity contribution in [2.75, 3.05) is 37.4 Å². The van der Waals surface area contributed by atoms with Gasteiger partial charge in [-0.25, -0.2) is 13.2 Å². The lowest BCUT2D eigenvalue weighted by Gasteiger charge is -2.38. The SMILES string of the molecule is C[C@H](CO)N1C[C@H](C)[C@H](CN(C)S(=O)(=O)c2ccc(Cl)cc2)Oc2c(NC(=O)Nc3ccc(C(F)(F)F)cc3)cccc2C1=O. The smallest absolute Gasteiger partial charge is 0.416 e. The molecule has 1 aliphatic rings. The number of alkyl halides is 3. The van der Waals surface area contributed by atoms with E-state index in [1.54, 1.807) is 13.8 Å². The Kier molecular flexibility index (Phi) is 10.3. The van der Waals surface area contributed by atoms with Gasteiger partial charge in [0.1, 0.15) is 6.10 Å². The van der Waals surface area contributed by atoms with Crippen LogP contribution >= 0.6 is 11.6 Å². The summed E-state index contributed by atoms with van der Waals surface area (Å²) in [5, 5.41) is 15.3. The zero-order valence-electron chi connectivity index (χ0n) is 24.5. The maximum atomic E-state index is 13.7. The topological polar surface area (TPSA) is 128 Å². The number of carbonyl (C=O) groups excluding carboxylic acids is 2. The number of hydrogen-bond donors (Lipinski definition) is 3. The maximum absolute atomic E-state index is 13.7. The minimum Gasteiger partial charge on any atom is -0.486 e. The van der Waals surface area contributed by atoms with Crippen LogP contribution in [0.25, 0.3) is 0 Å². The average molecular weight is 669 g/mol. The van der Waals surface area contributed by atoms with Crippen LogP contribution < -0.4 is 15.4 Å². The minimum atomic E-state index is -4.54. The first-order valence-corrected chi connectivity index (χ1v) is 15.6. The minimum absolute atomic E-state index is 0.0151. The fraction of sp³-hybridized carbons (Fsp3) is 0.333. The molecule has 4 rings (SSSR count). The summed E-state index contributed by atoms with van der Waals surface area (Å²) >= 11 is 5.93. The van der Waals surface area contributed by atoms with Gasteiger partial charge in [0.15, 0.2) is 5.75 Å². The van der Waals surface area contributed by atoms with Gasteiger partial charge in [-0.15, -0.1) is 0 Å². The fourth-order valence-electron chi connectivity index (χ4n) is 4.72. The highest BCUT2D eigenvalue weighted by Crippen LogP contribution is 2.36. The Morgan fingerprint density at radius 2 is 1.76 bits per heavy atom. The molecule has 0 saturated carbocycles. The van der Waals surface area contributed by atoms with Crippen molar-refractivity contribution >= 4 is 44.9 Å². The molecular weight excluding hydrogens is 637 g/mol. The molecule has 0 aliphatic carbocycles. The molecule has 15 heteroatoms.